The summed E-state index contributed by atoms with van der Waals surface area (Å²) in [6.45, 7) is 11.5. The van der Waals surface area contributed by atoms with Crippen molar-refractivity contribution >= 4 is 15.9 Å². The lowest BCUT2D eigenvalue weighted by molar-refractivity contribution is 0.134. The van der Waals surface area contributed by atoms with E-state index in [1.807, 2.05) is 25.1 Å². The molecule has 0 amide bonds. The lowest BCUT2D eigenvalue weighted by atomic mass is 9.82. The zero-order chi connectivity index (χ0) is 15.3. The summed E-state index contributed by atoms with van der Waals surface area (Å²) in [6, 6.07) is 5.82. The molecule has 0 aliphatic carbocycles. The zero-order valence-corrected chi connectivity index (χ0v) is 14.8. The van der Waals surface area contributed by atoms with Crippen molar-refractivity contribution in [2.75, 3.05) is 6.61 Å². The summed E-state index contributed by atoms with van der Waals surface area (Å²) in [5.74, 6) is 1.32. The smallest absolute Gasteiger partial charge is 0.133 e. The van der Waals surface area contributed by atoms with Crippen LogP contribution in [0.25, 0.3) is 0 Å². The second kappa shape index (κ2) is 7.46. The number of ether oxygens (including phenoxy) is 1. The van der Waals surface area contributed by atoms with Crippen LogP contribution in [0.5, 0.6) is 5.75 Å². The Bertz CT molecular complexity index is 423. The number of halogens is 1. The van der Waals surface area contributed by atoms with Gasteiger partial charge in [-0.05, 0) is 64.7 Å². The molecule has 3 heteroatoms. The van der Waals surface area contributed by atoms with E-state index in [9.17, 15) is 5.11 Å². The minimum Gasteiger partial charge on any atom is -0.493 e. The molecule has 0 bridgehead atoms. The van der Waals surface area contributed by atoms with Gasteiger partial charge in [-0.2, -0.15) is 0 Å². The molecule has 0 aliphatic heterocycles. The third-order valence-corrected chi connectivity index (χ3v) is 3.85. The van der Waals surface area contributed by atoms with E-state index in [2.05, 4.69) is 43.6 Å². The minimum atomic E-state index is -0.417. The number of hydrogen-bond acceptors (Lipinski definition) is 2. The monoisotopic (exact) mass is 342 g/mol. The van der Waals surface area contributed by atoms with Crippen molar-refractivity contribution in [1.82, 2.24) is 0 Å². The molecule has 1 aromatic carbocycles. The van der Waals surface area contributed by atoms with E-state index in [4.69, 9.17) is 4.74 Å². The quantitative estimate of drug-likeness (QED) is 0.755. The molecule has 0 heterocycles. The first-order chi connectivity index (χ1) is 9.23. The number of hydrogen-bond donors (Lipinski definition) is 1. The Morgan fingerprint density at radius 3 is 2.45 bits per heavy atom. The van der Waals surface area contributed by atoms with Gasteiger partial charge in [0.05, 0.1) is 17.2 Å². The Balaban J connectivity index is 2.68. The summed E-state index contributed by atoms with van der Waals surface area (Å²) in [5.41, 5.74) is 1.25. The first-order valence-electron chi connectivity index (χ1n) is 7.33. The van der Waals surface area contributed by atoms with Gasteiger partial charge in [-0.1, -0.05) is 33.8 Å². The lowest BCUT2D eigenvalue weighted by Crippen LogP contribution is -2.13. The van der Waals surface area contributed by atoms with Gasteiger partial charge in [0.15, 0.2) is 0 Å². The fourth-order valence-corrected chi connectivity index (χ4v) is 3.15. The Hall–Kier alpha value is -0.540. The average molecular weight is 343 g/mol. The molecule has 114 valence electrons. The van der Waals surface area contributed by atoms with Gasteiger partial charge >= 0.3 is 0 Å². The van der Waals surface area contributed by atoms with E-state index in [1.54, 1.807) is 0 Å². The summed E-state index contributed by atoms with van der Waals surface area (Å²) in [4.78, 5) is 0. The predicted octanol–water partition coefficient (Wildman–Crippen LogP) is 5.34. The largest absolute Gasteiger partial charge is 0.493 e. The summed E-state index contributed by atoms with van der Waals surface area (Å²) in [7, 11) is 0. The lowest BCUT2D eigenvalue weighted by Gasteiger charge is -2.25. The van der Waals surface area contributed by atoms with Gasteiger partial charge in [-0.3, -0.25) is 0 Å². The van der Waals surface area contributed by atoms with Crippen molar-refractivity contribution in [3.8, 4) is 5.75 Å². The Kier molecular flexibility index (Phi) is 6.53. The second-order valence-corrected chi connectivity index (χ2v) is 7.60. The third-order valence-electron chi connectivity index (χ3n) is 3.23. The average Bonchev–Trinajstić information content (AvgIpc) is 2.29. The summed E-state index contributed by atoms with van der Waals surface area (Å²) in [6.07, 6.45) is 1.49. The van der Waals surface area contributed by atoms with Crippen LogP contribution in [-0.2, 0) is 0 Å². The van der Waals surface area contributed by atoms with E-state index in [1.165, 1.54) is 0 Å². The highest BCUT2D eigenvalue weighted by Gasteiger charge is 2.19. The first kappa shape index (κ1) is 17.5. The molecule has 0 spiro atoms. The van der Waals surface area contributed by atoms with Gasteiger partial charge in [-0.15, -0.1) is 0 Å². The fraction of sp³-hybridized carbons (Fsp3) is 0.647. The molecular weight excluding hydrogens is 316 g/mol. The first-order valence-corrected chi connectivity index (χ1v) is 8.12. The van der Waals surface area contributed by atoms with Gasteiger partial charge in [0.1, 0.15) is 5.75 Å². The van der Waals surface area contributed by atoms with Gasteiger partial charge in [-0.25, -0.2) is 0 Å². The van der Waals surface area contributed by atoms with Crippen LogP contribution >= 0.6 is 15.9 Å². The zero-order valence-electron chi connectivity index (χ0n) is 13.2. The Morgan fingerprint density at radius 1 is 1.30 bits per heavy atom. The molecule has 2 unspecified atom stereocenters. The SMILES string of the molecule is CCOc1ccc(C(O)CC(C)CC(C)(C)C)cc1Br. The molecule has 0 radical (unpaired) electrons. The standard InChI is InChI=1S/C17H27BrO2/c1-6-20-16-8-7-13(10-14(16)18)15(19)9-12(2)11-17(3,4)5/h7-8,10,12,15,19H,6,9,11H2,1-5H3. The second-order valence-electron chi connectivity index (χ2n) is 6.74. The maximum Gasteiger partial charge on any atom is 0.133 e. The molecule has 1 rings (SSSR count). The van der Waals surface area contributed by atoms with Crippen LogP contribution < -0.4 is 4.74 Å². The van der Waals surface area contributed by atoms with Crippen LogP contribution in [0.1, 0.15) is 59.1 Å². The van der Waals surface area contributed by atoms with Crippen molar-refractivity contribution < 1.29 is 9.84 Å². The van der Waals surface area contributed by atoms with Gasteiger partial charge in [0.25, 0.3) is 0 Å². The molecule has 0 fully saturated rings. The van der Waals surface area contributed by atoms with E-state index < -0.39 is 6.10 Å². The van der Waals surface area contributed by atoms with Crippen LogP contribution in [0.15, 0.2) is 22.7 Å². The maximum absolute atomic E-state index is 10.4. The topological polar surface area (TPSA) is 29.5 Å². The highest BCUT2D eigenvalue weighted by molar-refractivity contribution is 9.10. The van der Waals surface area contributed by atoms with Crippen LogP contribution in [0.2, 0.25) is 0 Å². The van der Waals surface area contributed by atoms with Crippen LogP contribution in [0.3, 0.4) is 0 Å². The normalized spacial score (nSPS) is 14.9. The van der Waals surface area contributed by atoms with Crippen LogP contribution in [-0.4, -0.2) is 11.7 Å². The van der Waals surface area contributed by atoms with Gasteiger partial charge < -0.3 is 9.84 Å². The fourth-order valence-electron chi connectivity index (χ4n) is 2.64. The van der Waals surface area contributed by atoms with E-state index in [0.717, 1.165) is 28.6 Å². The third kappa shape index (κ3) is 5.84. The van der Waals surface area contributed by atoms with E-state index >= 15 is 0 Å². The highest BCUT2D eigenvalue weighted by Crippen LogP contribution is 2.33. The van der Waals surface area contributed by atoms with Gasteiger partial charge in [0, 0.05) is 0 Å². The summed E-state index contributed by atoms with van der Waals surface area (Å²) in [5, 5.41) is 10.4. The van der Waals surface area contributed by atoms with Crippen molar-refractivity contribution in [3.63, 3.8) is 0 Å². The maximum atomic E-state index is 10.4. The molecule has 2 atom stereocenters. The minimum absolute atomic E-state index is 0.304. The predicted molar refractivity (Wildman–Crippen MR) is 88.1 cm³/mol. The van der Waals surface area contributed by atoms with Crippen molar-refractivity contribution in [2.24, 2.45) is 11.3 Å². The summed E-state index contributed by atoms with van der Waals surface area (Å²) >= 11 is 3.50. The molecule has 1 aromatic rings. The van der Waals surface area contributed by atoms with Crippen molar-refractivity contribution in [2.45, 2.75) is 53.6 Å². The van der Waals surface area contributed by atoms with Crippen molar-refractivity contribution in [3.05, 3.63) is 28.2 Å². The molecule has 0 saturated heterocycles. The van der Waals surface area contributed by atoms with Crippen LogP contribution in [0, 0.1) is 11.3 Å². The number of aliphatic hydroxyl groups excluding tert-OH is 1. The van der Waals surface area contributed by atoms with Crippen molar-refractivity contribution in [1.29, 1.82) is 0 Å². The molecule has 1 N–H and O–H groups in total. The molecule has 2 nitrogen and oxygen atoms in total. The molecule has 0 saturated carbocycles. The molecular formula is C17H27BrO2. The van der Waals surface area contributed by atoms with Gasteiger partial charge in [0.2, 0.25) is 0 Å². The molecule has 0 aromatic heterocycles. The number of rotatable bonds is 6. The highest BCUT2D eigenvalue weighted by atomic mass is 79.9. The Morgan fingerprint density at radius 2 is 1.95 bits per heavy atom. The van der Waals surface area contributed by atoms with Crippen LogP contribution in [0.4, 0.5) is 0 Å². The van der Waals surface area contributed by atoms with E-state index in [0.29, 0.717) is 17.9 Å². The number of benzene rings is 1. The molecule has 20 heavy (non-hydrogen) atoms. The molecule has 0 aliphatic rings. The van der Waals surface area contributed by atoms with E-state index in [-0.39, 0.29) is 0 Å². The number of aliphatic hydroxyl groups is 1. The summed E-state index contributed by atoms with van der Waals surface area (Å²) < 4.78 is 6.39. The Labute approximate surface area is 131 Å².